The minimum Gasteiger partial charge on any atom is -0.333 e. The quantitative estimate of drug-likeness (QED) is 0.506. The van der Waals surface area contributed by atoms with E-state index in [4.69, 9.17) is 0 Å². The molecule has 4 nitrogen and oxygen atoms in total. The number of hydrogen-bond acceptors (Lipinski definition) is 3. The second-order valence-electron chi connectivity index (χ2n) is 10.7. The van der Waals surface area contributed by atoms with Crippen LogP contribution in [0.25, 0.3) is 0 Å². The monoisotopic (exact) mass is 466 g/mol. The number of carbonyl (C=O) groups excluding carboxylic acids is 2. The molecule has 2 heterocycles. The molecular weight excluding hydrogens is 428 g/mol. The summed E-state index contributed by atoms with van der Waals surface area (Å²) in [7, 11) is 0. The Labute approximate surface area is 203 Å². The van der Waals surface area contributed by atoms with Gasteiger partial charge in [-0.25, -0.2) is 0 Å². The molecule has 0 N–H and O–H groups in total. The molecule has 1 unspecified atom stereocenters. The molecule has 2 amide bonds. The molecule has 178 valence electrons. The van der Waals surface area contributed by atoms with E-state index in [1.165, 1.54) is 16.0 Å². The highest BCUT2D eigenvalue weighted by Gasteiger charge is 2.36. The molecule has 1 atom stereocenters. The van der Waals surface area contributed by atoms with Gasteiger partial charge >= 0.3 is 0 Å². The van der Waals surface area contributed by atoms with Gasteiger partial charge in [-0.3, -0.25) is 9.59 Å². The van der Waals surface area contributed by atoms with Crippen molar-refractivity contribution in [2.45, 2.75) is 77.7 Å². The first-order valence-corrected chi connectivity index (χ1v) is 13.4. The molecule has 0 saturated heterocycles. The van der Waals surface area contributed by atoms with E-state index in [9.17, 15) is 9.59 Å². The third kappa shape index (κ3) is 5.18. The van der Waals surface area contributed by atoms with Crippen molar-refractivity contribution in [1.82, 2.24) is 9.80 Å². The van der Waals surface area contributed by atoms with Crippen molar-refractivity contribution < 1.29 is 9.59 Å². The van der Waals surface area contributed by atoms with Gasteiger partial charge in [0.2, 0.25) is 11.8 Å². The highest BCUT2D eigenvalue weighted by Crippen LogP contribution is 2.38. The van der Waals surface area contributed by atoms with Crippen LogP contribution in [0.15, 0.2) is 35.7 Å². The first-order chi connectivity index (χ1) is 15.8. The molecule has 1 aromatic carbocycles. The van der Waals surface area contributed by atoms with Gasteiger partial charge < -0.3 is 9.80 Å². The lowest BCUT2D eigenvalue weighted by molar-refractivity contribution is -0.145. The van der Waals surface area contributed by atoms with Crippen molar-refractivity contribution in [3.8, 4) is 0 Å². The zero-order valence-electron chi connectivity index (χ0n) is 20.6. The van der Waals surface area contributed by atoms with Gasteiger partial charge in [0.05, 0.1) is 12.6 Å². The zero-order chi connectivity index (χ0) is 23.6. The van der Waals surface area contributed by atoms with E-state index >= 15 is 0 Å². The largest absolute Gasteiger partial charge is 0.333 e. The van der Waals surface area contributed by atoms with Crippen molar-refractivity contribution in [3.05, 3.63) is 57.3 Å². The molecule has 0 bridgehead atoms. The van der Waals surface area contributed by atoms with E-state index in [1.807, 2.05) is 9.80 Å². The summed E-state index contributed by atoms with van der Waals surface area (Å²) in [4.78, 5) is 32.0. The topological polar surface area (TPSA) is 40.6 Å². The second-order valence-corrected chi connectivity index (χ2v) is 11.7. The third-order valence-electron chi connectivity index (χ3n) is 7.25. The van der Waals surface area contributed by atoms with Gasteiger partial charge in [-0.15, -0.1) is 11.3 Å². The lowest BCUT2D eigenvalue weighted by atomic mass is 9.84. The van der Waals surface area contributed by atoms with Gasteiger partial charge in [0.1, 0.15) is 0 Å². The molecule has 33 heavy (non-hydrogen) atoms. The van der Waals surface area contributed by atoms with Crippen molar-refractivity contribution in [2.24, 2.45) is 5.92 Å². The van der Waals surface area contributed by atoms with Gasteiger partial charge in [-0.05, 0) is 59.2 Å². The summed E-state index contributed by atoms with van der Waals surface area (Å²) in [5.74, 6) is 0.378. The predicted molar refractivity (Wildman–Crippen MR) is 136 cm³/mol. The Morgan fingerprint density at radius 2 is 1.85 bits per heavy atom. The Bertz CT molecular complexity index is 969. The molecule has 1 saturated carbocycles. The Morgan fingerprint density at radius 3 is 2.45 bits per heavy atom. The molecule has 0 spiro atoms. The van der Waals surface area contributed by atoms with Crippen LogP contribution in [-0.2, 0) is 21.4 Å². The second kappa shape index (κ2) is 10.0. The first kappa shape index (κ1) is 24.0. The first-order valence-electron chi connectivity index (χ1n) is 12.5. The zero-order valence-corrected chi connectivity index (χ0v) is 21.4. The lowest BCUT2D eigenvalue weighted by Crippen LogP contribution is -2.48. The number of rotatable bonds is 7. The van der Waals surface area contributed by atoms with Gasteiger partial charge in [-0.2, -0.15) is 0 Å². The molecule has 4 rings (SSSR count). The molecule has 1 aliphatic heterocycles. The van der Waals surface area contributed by atoms with E-state index in [0.717, 1.165) is 44.1 Å². The Kier molecular flexibility index (Phi) is 7.28. The molecule has 1 aliphatic carbocycles. The highest BCUT2D eigenvalue weighted by atomic mass is 32.1. The smallest absolute Gasteiger partial charge is 0.242 e. The number of nitrogens with zero attached hydrogens (tertiary/aromatic N) is 2. The third-order valence-corrected chi connectivity index (χ3v) is 8.25. The summed E-state index contributed by atoms with van der Waals surface area (Å²) >= 11 is 1.79. The van der Waals surface area contributed by atoms with Crippen LogP contribution >= 0.6 is 11.3 Å². The fourth-order valence-corrected chi connectivity index (χ4v) is 5.80. The number of unbranched alkanes of at least 4 members (excludes halogenated alkanes) is 1. The Morgan fingerprint density at radius 1 is 1.12 bits per heavy atom. The van der Waals surface area contributed by atoms with Gasteiger partial charge in [-0.1, -0.05) is 64.8 Å². The van der Waals surface area contributed by atoms with Gasteiger partial charge in [0.25, 0.3) is 0 Å². The highest BCUT2D eigenvalue weighted by molar-refractivity contribution is 7.10. The Balaban J connectivity index is 1.59. The molecule has 0 radical (unpaired) electrons. The minimum atomic E-state index is -0.0756. The molecule has 2 aromatic rings. The number of thiophene rings is 1. The van der Waals surface area contributed by atoms with Crippen molar-refractivity contribution in [3.63, 3.8) is 0 Å². The molecular formula is C28H38N2O2S. The summed E-state index contributed by atoms with van der Waals surface area (Å²) in [5, 5.41) is 2.14. The summed E-state index contributed by atoms with van der Waals surface area (Å²) < 4.78 is 0. The summed E-state index contributed by atoms with van der Waals surface area (Å²) in [5.41, 5.74) is 3.78. The maximum atomic E-state index is 13.7. The maximum Gasteiger partial charge on any atom is 0.242 e. The molecule has 1 fully saturated rings. The van der Waals surface area contributed by atoms with E-state index in [1.54, 1.807) is 11.3 Å². The van der Waals surface area contributed by atoms with Crippen molar-refractivity contribution in [1.29, 1.82) is 0 Å². The minimum absolute atomic E-state index is 0.0699. The fraction of sp³-hybridized carbons (Fsp3) is 0.571. The van der Waals surface area contributed by atoms with Crippen LogP contribution in [0.5, 0.6) is 0 Å². The normalized spacial score (nSPS) is 18.5. The number of benzene rings is 1. The molecule has 2 aliphatic rings. The molecule has 1 aromatic heterocycles. The number of fused-ring (bicyclic) bond motifs is 1. The van der Waals surface area contributed by atoms with Crippen LogP contribution < -0.4 is 0 Å². The Hall–Kier alpha value is -2.14. The number of hydrogen-bond donors (Lipinski definition) is 0. The van der Waals surface area contributed by atoms with E-state index in [0.29, 0.717) is 13.1 Å². The summed E-state index contributed by atoms with van der Waals surface area (Å²) in [6.07, 6.45) is 5.93. The lowest BCUT2D eigenvalue weighted by Gasteiger charge is -2.38. The standard InChI is InChI=1S/C28H38N2O2S/c1-5-6-16-29(27(32)21-8-7-9-21)19-25(31)30-17-14-24-23(15-18-33-24)26(30)20-10-12-22(13-11-20)28(2,3)4/h10-13,15,18,21,26H,5-9,14,16-17,19H2,1-4H3. The van der Waals surface area contributed by atoms with E-state index in [2.05, 4.69) is 63.4 Å². The average Bonchev–Trinajstić information content (AvgIpc) is 3.23. The van der Waals surface area contributed by atoms with Gasteiger partial charge in [0.15, 0.2) is 0 Å². The van der Waals surface area contributed by atoms with E-state index in [-0.39, 0.29) is 35.7 Å². The van der Waals surface area contributed by atoms with E-state index < -0.39 is 0 Å². The van der Waals surface area contributed by atoms with Crippen LogP contribution in [0.1, 0.15) is 87.4 Å². The van der Waals surface area contributed by atoms with Crippen LogP contribution in [0.3, 0.4) is 0 Å². The molecule has 5 heteroatoms. The summed E-state index contributed by atoms with van der Waals surface area (Å²) in [6, 6.07) is 10.9. The summed E-state index contributed by atoms with van der Waals surface area (Å²) in [6.45, 7) is 10.4. The number of carbonyl (C=O) groups is 2. The van der Waals surface area contributed by atoms with Crippen LogP contribution in [0.4, 0.5) is 0 Å². The van der Waals surface area contributed by atoms with Crippen molar-refractivity contribution >= 4 is 23.2 Å². The van der Waals surface area contributed by atoms with Crippen LogP contribution in [-0.4, -0.2) is 41.2 Å². The van der Waals surface area contributed by atoms with Crippen molar-refractivity contribution in [2.75, 3.05) is 19.6 Å². The average molecular weight is 467 g/mol. The van der Waals surface area contributed by atoms with Crippen LogP contribution in [0, 0.1) is 5.92 Å². The predicted octanol–water partition coefficient (Wildman–Crippen LogP) is 5.95. The fourth-order valence-electron chi connectivity index (χ4n) is 4.89. The SMILES string of the molecule is CCCCN(CC(=O)N1CCc2sccc2C1c1ccc(C(C)(C)C)cc1)C(=O)C1CCC1. The number of amides is 2. The van der Waals surface area contributed by atoms with Gasteiger partial charge in [0, 0.05) is 23.9 Å². The maximum absolute atomic E-state index is 13.7. The van der Waals surface area contributed by atoms with Crippen LogP contribution in [0.2, 0.25) is 0 Å².